The Hall–Kier alpha value is -4.13. The van der Waals surface area contributed by atoms with Gasteiger partial charge in [0, 0.05) is 18.4 Å². The second-order valence-corrected chi connectivity index (χ2v) is 8.53. The average Bonchev–Trinajstić information content (AvgIpc) is 2.90. The molecule has 3 aromatic carbocycles. The zero-order valence-electron chi connectivity index (χ0n) is 20.4. The first-order valence-corrected chi connectivity index (χ1v) is 12.1. The van der Waals surface area contributed by atoms with Gasteiger partial charge in [0.15, 0.2) is 0 Å². The molecule has 0 radical (unpaired) electrons. The third-order valence-electron chi connectivity index (χ3n) is 5.68. The SMILES string of the molecule is CCCCOc1ccc(C[C@H](NC(=O)[C@H](Cc2ccccc2)NC(=O)c2ccccc2)C(=O)O)cc1. The van der Waals surface area contributed by atoms with Gasteiger partial charge >= 0.3 is 5.97 Å². The van der Waals surface area contributed by atoms with Crippen LogP contribution >= 0.6 is 0 Å². The molecule has 2 amide bonds. The first-order chi connectivity index (χ1) is 17.5. The van der Waals surface area contributed by atoms with Gasteiger partial charge in [0.2, 0.25) is 5.91 Å². The summed E-state index contributed by atoms with van der Waals surface area (Å²) in [4.78, 5) is 38.0. The van der Waals surface area contributed by atoms with Crippen molar-refractivity contribution in [2.45, 2.75) is 44.7 Å². The molecule has 0 saturated carbocycles. The first kappa shape index (κ1) is 26.5. The van der Waals surface area contributed by atoms with Crippen LogP contribution in [0.4, 0.5) is 0 Å². The number of amides is 2. The van der Waals surface area contributed by atoms with E-state index in [1.165, 1.54) is 0 Å². The molecule has 0 aliphatic heterocycles. The highest BCUT2D eigenvalue weighted by Crippen LogP contribution is 2.15. The summed E-state index contributed by atoms with van der Waals surface area (Å²) in [5.74, 6) is -1.40. The minimum absolute atomic E-state index is 0.0982. The number of rotatable bonds is 13. The van der Waals surface area contributed by atoms with Gasteiger partial charge in [-0.2, -0.15) is 0 Å². The average molecular weight is 489 g/mol. The molecule has 0 saturated heterocycles. The highest BCUT2D eigenvalue weighted by atomic mass is 16.5. The number of hydrogen-bond donors (Lipinski definition) is 3. The number of carbonyl (C=O) groups excluding carboxylic acids is 2. The number of ether oxygens (including phenoxy) is 1. The molecular weight excluding hydrogens is 456 g/mol. The maximum atomic E-state index is 13.2. The van der Waals surface area contributed by atoms with Gasteiger partial charge in [-0.3, -0.25) is 9.59 Å². The Balaban J connectivity index is 1.70. The number of benzene rings is 3. The first-order valence-electron chi connectivity index (χ1n) is 12.1. The number of nitrogens with one attached hydrogen (secondary N) is 2. The summed E-state index contributed by atoms with van der Waals surface area (Å²) in [6.07, 6.45) is 2.32. The standard InChI is InChI=1S/C29H32N2O5/c1-2-3-18-36-24-16-14-22(15-17-24)20-26(29(34)35)31-28(33)25(19-21-10-6-4-7-11-21)30-27(32)23-12-8-5-9-13-23/h4-17,25-26H,2-3,18-20H2,1H3,(H,30,32)(H,31,33)(H,34,35)/t25-,26-/m0/s1. The number of carboxylic acids is 1. The molecule has 0 spiro atoms. The van der Waals surface area contributed by atoms with Crippen LogP contribution in [0.5, 0.6) is 5.75 Å². The van der Waals surface area contributed by atoms with Crippen molar-refractivity contribution >= 4 is 17.8 Å². The van der Waals surface area contributed by atoms with Crippen LogP contribution in [-0.2, 0) is 22.4 Å². The fourth-order valence-corrected chi connectivity index (χ4v) is 3.65. The molecule has 7 nitrogen and oxygen atoms in total. The Bertz CT molecular complexity index is 1120. The van der Waals surface area contributed by atoms with Crippen LogP contribution in [0, 0.1) is 0 Å². The summed E-state index contributed by atoms with van der Waals surface area (Å²) in [6, 6.07) is 22.9. The van der Waals surface area contributed by atoms with Crippen molar-refractivity contribution in [3.05, 3.63) is 102 Å². The second-order valence-electron chi connectivity index (χ2n) is 8.53. The molecule has 0 aliphatic rings. The van der Waals surface area contributed by atoms with Crippen LogP contribution in [0.3, 0.4) is 0 Å². The van der Waals surface area contributed by atoms with Crippen molar-refractivity contribution < 1.29 is 24.2 Å². The molecular formula is C29H32N2O5. The maximum absolute atomic E-state index is 13.2. The van der Waals surface area contributed by atoms with Crippen molar-refractivity contribution in [1.82, 2.24) is 10.6 Å². The summed E-state index contributed by atoms with van der Waals surface area (Å²) >= 11 is 0. The summed E-state index contributed by atoms with van der Waals surface area (Å²) in [7, 11) is 0. The van der Waals surface area contributed by atoms with E-state index in [1.54, 1.807) is 54.6 Å². The molecule has 0 bridgehead atoms. The van der Waals surface area contributed by atoms with Gasteiger partial charge in [0.25, 0.3) is 5.91 Å². The Labute approximate surface area is 211 Å². The fraction of sp³-hybridized carbons (Fsp3) is 0.276. The van der Waals surface area contributed by atoms with Gasteiger partial charge in [-0.25, -0.2) is 4.79 Å². The van der Waals surface area contributed by atoms with Gasteiger partial charge in [-0.15, -0.1) is 0 Å². The highest BCUT2D eigenvalue weighted by molar-refractivity contribution is 5.98. The zero-order chi connectivity index (χ0) is 25.8. The van der Waals surface area contributed by atoms with E-state index in [0.29, 0.717) is 12.2 Å². The van der Waals surface area contributed by atoms with Gasteiger partial charge in [0.05, 0.1) is 6.61 Å². The lowest BCUT2D eigenvalue weighted by atomic mass is 10.0. The molecule has 3 N–H and O–H groups in total. The van der Waals surface area contributed by atoms with E-state index in [0.717, 1.165) is 29.7 Å². The van der Waals surface area contributed by atoms with Gasteiger partial charge in [0.1, 0.15) is 17.8 Å². The lowest BCUT2D eigenvalue weighted by molar-refractivity contribution is -0.142. The third kappa shape index (κ3) is 8.27. The Morgan fingerprint density at radius 1 is 0.778 bits per heavy atom. The number of carboxylic acid groups (broad SMARTS) is 1. The van der Waals surface area contributed by atoms with E-state index in [-0.39, 0.29) is 12.8 Å². The molecule has 0 fully saturated rings. The molecule has 0 unspecified atom stereocenters. The monoisotopic (exact) mass is 488 g/mol. The predicted molar refractivity (Wildman–Crippen MR) is 138 cm³/mol. The van der Waals surface area contributed by atoms with Crippen molar-refractivity contribution in [2.75, 3.05) is 6.61 Å². The van der Waals surface area contributed by atoms with Crippen LogP contribution in [0.1, 0.15) is 41.3 Å². The van der Waals surface area contributed by atoms with Crippen LogP contribution in [0.15, 0.2) is 84.9 Å². The summed E-state index contributed by atoms with van der Waals surface area (Å²) in [6.45, 7) is 2.71. The fourth-order valence-electron chi connectivity index (χ4n) is 3.65. The van der Waals surface area contributed by atoms with Crippen LogP contribution in [0.2, 0.25) is 0 Å². The van der Waals surface area contributed by atoms with Crippen LogP contribution < -0.4 is 15.4 Å². The van der Waals surface area contributed by atoms with Crippen molar-refractivity contribution in [3.63, 3.8) is 0 Å². The normalized spacial score (nSPS) is 12.2. The summed E-state index contributed by atoms with van der Waals surface area (Å²) in [5.41, 5.74) is 2.01. The van der Waals surface area contributed by atoms with Crippen LogP contribution in [-0.4, -0.2) is 41.6 Å². The highest BCUT2D eigenvalue weighted by Gasteiger charge is 2.27. The lowest BCUT2D eigenvalue weighted by Gasteiger charge is -2.22. The second kappa shape index (κ2) is 13.7. The van der Waals surface area contributed by atoms with E-state index < -0.39 is 29.9 Å². The number of unbranched alkanes of at least 4 members (excludes halogenated alkanes) is 1. The predicted octanol–water partition coefficient (Wildman–Crippen LogP) is 4.02. The molecule has 0 aromatic heterocycles. The van der Waals surface area contributed by atoms with Gasteiger partial charge < -0.3 is 20.5 Å². The quantitative estimate of drug-likeness (QED) is 0.315. The molecule has 7 heteroatoms. The molecule has 36 heavy (non-hydrogen) atoms. The number of carbonyl (C=O) groups is 3. The van der Waals surface area contributed by atoms with Crippen LogP contribution in [0.25, 0.3) is 0 Å². The maximum Gasteiger partial charge on any atom is 0.326 e. The van der Waals surface area contributed by atoms with E-state index >= 15 is 0 Å². The summed E-state index contributed by atoms with van der Waals surface area (Å²) < 4.78 is 5.65. The van der Waals surface area contributed by atoms with Gasteiger partial charge in [-0.05, 0) is 41.8 Å². The minimum atomic E-state index is -1.16. The van der Waals surface area contributed by atoms with Crippen molar-refractivity contribution in [3.8, 4) is 5.75 Å². The van der Waals surface area contributed by atoms with Crippen molar-refractivity contribution in [2.24, 2.45) is 0 Å². The molecule has 3 aromatic rings. The molecule has 0 heterocycles. The lowest BCUT2D eigenvalue weighted by Crippen LogP contribution is -2.53. The molecule has 3 rings (SSSR count). The molecule has 0 aliphatic carbocycles. The number of aliphatic carboxylic acids is 1. The topological polar surface area (TPSA) is 105 Å². The minimum Gasteiger partial charge on any atom is -0.494 e. The van der Waals surface area contributed by atoms with Gasteiger partial charge in [-0.1, -0.05) is 74.0 Å². The van der Waals surface area contributed by atoms with E-state index in [2.05, 4.69) is 17.6 Å². The Morgan fingerprint density at radius 3 is 1.97 bits per heavy atom. The molecule has 188 valence electrons. The third-order valence-corrected chi connectivity index (χ3v) is 5.68. The smallest absolute Gasteiger partial charge is 0.326 e. The van der Waals surface area contributed by atoms with E-state index in [9.17, 15) is 19.5 Å². The van der Waals surface area contributed by atoms with E-state index in [4.69, 9.17) is 4.74 Å². The van der Waals surface area contributed by atoms with Crippen molar-refractivity contribution in [1.29, 1.82) is 0 Å². The van der Waals surface area contributed by atoms with E-state index in [1.807, 2.05) is 30.3 Å². The largest absolute Gasteiger partial charge is 0.494 e. The molecule has 2 atom stereocenters. The Kier molecular flexibility index (Phi) is 10.1. The summed E-state index contributed by atoms with van der Waals surface area (Å²) in [5, 5.41) is 15.2. The Morgan fingerprint density at radius 2 is 1.36 bits per heavy atom. The zero-order valence-corrected chi connectivity index (χ0v) is 20.4. The number of hydrogen-bond acceptors (Lipinski definition) is 4.